The van der Waals surface area contributed by atoms with Crippen LogP contribution in [0, 0.1) is 5.92 Å². The monoisotopic (exact) mass is 332 g/mol. The first-order valence-electron chi connectivity index (χ1n) is 7.43. The van der Waals surface area contributed by atoms with E-state index in [1.165, 1.54) is 0 Å². The Hall–Kier alpha value is -1.76. The van der Waals surface area contributed by atoms with E-state index in [1.807, 2.05) is 13.8 Å². The number of carbonyl (C=O) groups excluding carboxylic acids is 1. The highest BCUT2D eigenvalue weighted by atomic mass is 19.4. The molecular weight excluding hydrogens is 309 g/mol. The Bertz CT molecular complexity index is 528. The highest BCUT2D eigenvalue weighted by Crippen LogP contribution is 2.25. The van der Waals surface area contributed by atoms with Crippen molar-refractivity contribution in [2.24, 2.45) is 5.92 Å². The molecule has 3 N–H and O–H groups in total. The number of urea groups is 1. The van der Waals surface area contributed by atoms with E-state index < -0.39 is 24.2 Å². The minimum atomic E-state index is -4.24. The van der Waals surface area contributed by atoms with Crippen molar-refractivity contribution < 1.29 is 23.1 Å². The number of benzene rings is 1. The first kappa shape index (κ1) is 19.3. The van der Waals surface area contributed by atoms with Crippen molar-refractivity contribution in [2.75, 3.05) is 11.9 Å². The Balaban J connectivity index is 2.65. The second-order valence-electron chi connectivity index (χ2n) is 6.09. The van der Waals surface area contributed by atoms with E-state index in [9.17, 15) is 23.1 Å². The molecule has 0 heterocycles. The lowest BCUT2D eigenvalue weighted by Gasteiger charge is -2.27. The number of amides is 2. The summed E-state index contributed by atoms with van der Waals surface area (Å²) < 4.78 is 37.0. The summed E-state index contributed by atoms with van der Waals surface area (Å²) in [4.78, 5) is 11.9. The molecule has 7 heteroatoms. The van der Waals surface area contributed by atoms with Crippen molar-refractivity contribution in [1.29, 1.82) is 0 Å². The fraction of sp³-hybridized carbons (Fsp3) is 0.562. The predicted octanol–water partition coefficient (Wildman–Crippen LogP) is 3.71. The van der Waals surface area contributed by atoms with Gasteiger partial charge >= 0.3 is 12.2 Å². The molecule has 0 aliphatic rings. The fourth-order valence-corrected chi connectivity index (χ4v) is 1.77. The smallest absolute Gasteiger partial charge is 0.388 e. The largest absolute Gasteiger partial charge is 0.389 e. The van der Waals surface area contributed by atoms with Crippen molar-refractivity contribution in [2.45, 2.75) is 45.4 Å². The average molecular weight is 332 g/mol. The Morgan fingerprint density at radius 1 is 1.26 bits per heavy atom. The zero-order valence-electron chi connectivity index (χ0n) is 13.5. The number of carbonyl (C=O) groups is 1. The molecule has 1 aromatic carbocycles. The van der Waals surface area contributed by atoms with E-state index in [0.717, 1.165) is 0 Å². The molecule has 0 aliphatic heterocycles. The molecule has 0 saturated heterocycles. The van der Waals surface area contributed by atoms with Gasteiger partial charge in [0.25, 0.3) is 0 Å². The molecule has 130 valence electrons. The topological polar surface area (TPSA) is 61.4 Å². The molecule has 0 radical (unpaired) electrons. The lowest BCUT2D eigenvalue weighted by atomic mass is 9.93. The van der Waals surface area contributed by atoms with Crippen molar-refractivity contribution in [3.63, 3.8) is 0 Å². The summed E-state index contributed by atoms with van der Waals surface area (Å²) in [6, 6.07) is 5.79. The maximum Gasteiger partial charge on any atom is 0.389 e. The standard InChI is InChI=1S/C16H23F3N2O2/c1-11(2)15(3,23)10-20-14(22)21-13-7-5-4-6-12(13)8-9-16(17,18)19/h4-7,11,23H,8-10H2,1-3H3,(H2,20,21,22). The van der Waals surface area contributed by atoms with Gasteiger partial charge in [-0.15, -0.1) is 0 Å². The van der Waals surface area contributed by atoms with Crippen LogP contribution in [0.15, 0.2) is 24.3 Å². The molecule has 0 aliphatic carbocycles. The summed E-state index contributed by atoms with van der Waals surface area (Å²) in [6.45, 7) is 5.30. The highest BCUT2D eigenvalue weighted by molar-refractivity contribution is 5.90. The van der Waals surface area contributed by atoms with E-state index in [2.05, 4.69) is 10.6 Å². The van der Waals surface area contributed by atoms with Crippen LogP contribution in [0.25, 0.3) is 0 Å². The van der Waals surface area contributed by atoms with Gasteiger partial charge in [-0.05, 0) is 30.9 Å². The van der Waals surface area contributed by atoms with Crippen molar-refractivity contribution in [3.8, 4) is 0 Å². The number of para-hydroxylation sites is 1. The van der Waals surface area contributed by atoms with Crippen molar-refractivity contribution in [1.82, 2.24) is 5.32 Å². The third-order valence-corrected chi connectivity index (χ3v) is 3.79. The zero-order chi connectivity index (χ0) is 17.7. The lowest BCUT2D eigenvalue weighted by molar-refractivity contribution is -0.133. The van der Waals surface area contributed by atoms with Crippen LogP contribution in [0.4, 0.5) is 23.7 Å². The Labute approximate surface area is 134 Å². The fourth-order valence-electron chi connectivity index (χ4n) is 1.77. The number of alkyl halides is 3. The normalized spacial score (nSPS) is 14.4. The van der Waals surface area contributed by atoms with Gasteiger partial charge in [0, 0.05) is 18.7 Å². The maximum absolute atomic E-state index is 12.3. The van der Waals surface area contributed by atoms with Gasteiger partial charge in [0.2, 0.25) is 0 Å². The quantitative estimate of drug-likeness (QED) is 0.744. The lowest BCUT2D eigenvalue weighted by Crippen LogP contribution is -2.45. The highest BCUT2D eigenvalue weighted by Gasteiger charge is 2.27. The molecule has 0 fully saturated rings. The van der Waals surface area contributed by atoms with Crippen LogP contribution >= 0.6 is 0 Å². The van der Waals surface area contributed by atoms with Gasteiger partial charge in [-0.3, -0.25) is 0 Å². The van der Waals surface area contributed by atoms with Gasteiger partial charge in [-0.1, -0.05) is 32.0 Å². The molecule has 0 saturated carbocycles. The average Bonchev–Trinajstić information content (AvgIpc) is 2.43. The van der Waals surface area contributed by atoms with Gasteiger partial charge in [-0.25, -0.2) is 4.79 Å². The van der Waals surface area contributed by atoms with Crippen molar-refractivity contribution in [3.05, 3.63) is 29.8 Å². The molecular formula is C16H23F3N2O2. The minimum absolute atomic E-state index is 0.0429. The number of rotatable bonds is 6. The van der Waals surface area contributed by atoms with Crippen molar-refractivity contribution >= 4 is 11.7 Å². The molecule has 1 unspecified atom stereocenters. The number of hydrogen-bond acceptors (Lipinski definition) is 2. The van der Waals surface area contributed by atoms with Crippen LogP contribution in [0.1, 0.15) is 32.8 Å². The summed E-state index contributed by atoms with van der Waals surface area (Å²) in [5.74, 6) is -0.0538. The number of aliphatic hydroxyl groups is 1. The zero-order valence-corrected chi connectivity index (χ0v) is 13.5. The van der Waals surface area contributed by atoms with Gasteiger partial charge in [0.15, 0.2) is 0 Å². The number of aryl methyl sites for hydroxylation is 1. The Morgan fingerprint density at radius 3 is 2.43 bits per heavy atom. The molecule has 2 amide bonds. The molecule has 1 aromatic rings. The van der Waals surface area contributed by atoms with E-state index in [4.69, 9.17) is 0 Å². The second kappa shape index (κ2) is 7.68. The molecule has 23 heavy (non-hydrogen) atoms. The summed E-state index contributed by atoms with van der Waals surface area (Å²) in [5.41, 5.74) is -0.318. The van der Waals surface area contributed by atoms with E-state index in [-0.39, 0.29) is 18.9 Å². The first-order chi connectivity index (χ1) is 10.5. The van der Waals surface area contributed by atoms with Gasteiger partial charge < -0.3 is 15.7 Å². The van der Waals surface area contributed by atoms with Crippen LogP contribution in [0.5, 0.6) is 0 Å². The molecule has 0 aromatic heterocycles. The number of hydrogen-bond donors (Lipinski definition) is 3. The SMILES string of the molecule is CC(C)C(C)(O)CNC(=O)Nc1ccccc1CCC(F)(F)F. The summed E-state index contributed by atoms with van der Waals surface area (Å²) in [5, 5.41) is 15.1. The van der Waals surface area contributed by atoms with Crippen LogP contribution < -0.4 is 10.6 Å². The van der Waals surface area contributed by atoms with Gasteiger partial charge in [0.05, 0.1) is 5.60 Å². The molecule has 4 nitrogen and oxygen atoms in total. The molecule has 0 spiro atoms. The Morgan fingerprint density at radius 2 is 1.87 bits per heavy atom. The number of nitrogens with one attached hydrogen (secondary N) is 2. The Kier molecular flexibility index (Phi) is 6.44. The van der Waals surface area contributed by atoms with Gasteiger partial charge in [0.1, 0.15) is 0 Å². The van der Waals surface area contributed by atoms with Crippen LogP contribution in [-0.2, 0) is 6.42 Å². The van der Waals surface area contributed by atoms with E-state index >= 15 is 0 Å². The minimum Gasteiger partial charge on any atom is -0.388 e. The van der Waals surface area contributed by atoms with Crippen LogP contribution in [0.2, 0.25) is 0 Å². The predicted molar refractivity (Wildman–Crippen MR) is 83.3 cm³/mol. The number of halogens is 3. The van der Waals surface area contributed by atoms with E-state index in [1.54, 1.807) is 31.2 Å². The number of anilines is 1. The first-order valence-corrected chi connectivity index (χ1v) is 7.43. The van der Waals surface area contributed by atoms with Gasteiger partial charge in [-0.2, -0.15) is 13.2 Å². The molecule has 1 rings (SSSR count). The maximum atomic E-state index is 12.3. The summed E-state index contributed by atoms with van der Waals surface area (Å²) in [6.07, 6.45) is -5.40. The molecule has 1 atom stereocenters. The van der Waals surface area contributed by atoms with Crippen LogP contribution in [-0.4, -0.2) is 29.5 Å². The third-order valence-electron chi connectivity index (χ3n) is 3.79. The van der Waals surface area contributed by atoms with E-state index in [0.29, 0.717) is 11.3 Å². The second-order valence-corrected chi connectivity index (χ2v) is 6.09. The summed E-state index contributed by atoms with van der Waals surface area (Å²) >= 11 is 0. The van der Waals surface area contributed by atoms with Crippen LogP contribution in [0.3, 0.4) is 0 Å². The summed E-state index contributed by atoms with van der Waals surface area (Å²) in [7, 11) is 0. The molecule has 0 bridgehead atoms. The third kappa shape index (κ3) is 6.90.